The van der Waals surface area contributed by atoms with Crippen LogP contribution in [-0.2, 0) is 47.4 Å². The monoisotopic (exact) mass is 562 g/mol. The van der Waals surface area contributed by atoms with Crippen LogP contribution in [0.25, 0.3) is 0 Å². The van der Waals surface area contributed by atoms with Crippen LogP contribution in [0.4, 0.5) is 0 Å². The van der Waals surface area contributed by atoms with Gasteiger partial charge < -0.3 is 47.4 Å². The van der Waals surface area contributed by atoms with Crippen molar-refractivity contribution in [3.8, 4) is 0 Å². The molecule has 0 N–H and O–H groups in total. The van der Waals surface area contributed by atoms with Gasteiger partial charge in [0.15, 0.2) is 0 Å². The number of halogens is 1. The van der Waals surface area contributed by atoms with Gasteiger partial charge in [-0.25, -0.2) is 0 Å². The summed E-state index contributed by atoms with van der Waals surface area (Å²) in [6, 6.07) is 0. The van der Waals surface area contributed by atoms with Gasteiger partial charge in [0.1, 0.15) is 0 Å². The Hall–Kier alpha value is 0.0800. The van der Waals surface area contributed by atoms with Crippen molar-refractivity contribution >= 4 is 15.9 Å². The minimum absolute atomic E-state index is 0.237. The lowest BCUT2D eigenvalue weighted by Crippen LogP contribution is -2.15. The zero-order valence-corrected chi connectivity index (χ0v) is 22.8. The maximum Gasteiger partial charge on any atom is 0.0703 e. The normalized spacial score (nSPS) is 11.6. The Balaban J connectivity index is 3.00. The lowest BCUT2D eigenvalue weighted by molar-refractivity contribution is -0.0277. The van der Waals surface area contributed by atoms with Crippen LogP contribution in [0.1, 0.15) is 13.8 Å². The van der Waals surface area contributed by atoms with Crippen molar-refractivity contribution in [1.29, 1.82) is 0 Å². The molecule has 0 rings (SSSR count). The fourth-order valence-electron chi connectivity index (χ4n) is 2.26. The summed E-state index contributed by atoms with van der Waals surface area (Å²) >= 11 is 3.30. The van der Waals surface area contributed by atoms with Crippen LogP contribution in [0.2, 0.25) is 0 Å². The highest BCUT2D eigenvalue weighted by Gasteiger charge is 1.96. The quantitative estimate of drug-likeness (QED) is 0.0954. The molecule has 0 spiro atoms. The van der Waals surface area contributed by atoms with Gasteiger partial charge in [0.25, 0.3) is 0 Å². The lowest BCUT2D eigenvalue weighted by Gasteiger charge is -2.09. The molecule has 0 aromatic carbocycles. The fraction of sp³-hybridized carbons (Fsp3) is 1.00. The van der Waals surface area contributed by atoms with E-state index < -0.39 is 0 Å². The molecule has 0 radical (unpaired) electrons. The van der Waals surface area contributed by atoms with E-state index in [1.165, 1.54) is 0 Å². The molecule has 0 aliphatic rings. The predicted octanol–water partition coefficient (Wildman–Crippen LogP) is 1.96. The van der Waals surface area contributed by atoms with Gasteiger partial charge in [-0.3, -0.25) is 0 Å². The van der Waals surface area contributed by atoms with Crippen LogP contribution < -0.4 is 0 Å². The highest BCUT2D eigenvalue weighted by molar-refractivity contribution is 9.09. The van der Waals surface area contributed by atoms with E-state index in [1.54, 1.807) is 0 Å². The molecule has 0 aliphatic heterocycles. The number of hydrogen-bond acceptors (Lipinski definition) is 10. The molecule has 34 heavy (non-hydrogen) atoms. The Morgan fingerprint density at radius 2 is 0.559 bits per heavy atom. The lowest BCUT2D eigenvalue weighted by atomic mass is 10.5. The van der Waals surface area contributed by atoms with Crippen molar-refractivity contribution in [2.45, 2.75) is 20.0 Å². The van der Waals surface area contributed by atoms with Crippen LogP contribution in [0.15, 0.2) is 0 Å². The van der Waals surface area contributed by atoms with Gasteiger partial charge in [0.05, 0.1) is 132 Å². The van der Waals surface area contributed by atoms with E-state index in [9.17, 15) is 0 Å². The van der Waals surface area contributed by atoms with Crippen LogP contribution in [-0.4, -0.2) is 137 Å². The van der Waals surface area contributed by atoms with Crippen LogP contribution in [0.3, 0.4) is 0 Å². The standard InChI is InChI=1S/C23H47BrO10/c1-23(2)34-22-21-33-20-19-32-18-17-31-16-15-30-14-13-29-12-11-28-10-9-27-8-7-26-6-5-25-4-3-24/h23H,3-22H2,1-2H3. The Morgan fingerprint density at radius 3 is 0.765 bits per heavy atom. The molecular weight excluding hydrogens is 516 g/mol. The highest BCUT2D eigenvalue weighted by Crippen LogP contribution is 1.89. The van der Waals surface area contributed by atoms with Gasteiger partial charge in [0, 0.05) is 5.33 Å². The molecule has 11 heteroatoms. The van der Waals surface area contributed by atoms with Crippen molar-refractivity contribution in [3.63, 3.8) is 0 Å². The van der Waals surface area contributed by atoms with Crippen molar-refractivity contribution in [2.24, 2.45) is 0 Å². The summed E-state index contributed by atoms with van der Waals surface area (Å²) in [4.78, 5) is 0. The summed E-state index contributed by atoms with van der Waals surface area (Å²) in [7, 11) is 0. The molecule has 10 nitrogen and oxygen atoms in total. The largest absolute Gasteiger partial charge is 0.378 e. The second-order valence-corrected chi connectivity index (χ2v) is 7.91. The average Bonchev–Trinajstić information content (AvgIpc) is 2.83. The highest BCUT2D eigenvalue weighted by atomic mass is 79.9. The second-order valence-electron chi connectivity index (χ2n) is 7.12. The summed E-state index contributed by atoms with van der Waals surface area (Å²) in [6.07, 6.45) is 0.237. The van der Waals surface area contributed by atoms with E-state index in [1.807, 2.05) is 13.8 Å². The third-order valence-electron chi connectivity index (χ3n) is 3.88. The van der Waals surface area contributed by atoms with E-state index in [2.05, 4.69) is 15.9 Å². The fourth-order valence-corrected chi connectivity index (χ4v) is 2.49. The zero-order valence-electron chi connectivity index (χ0n) is 21.2. The summed E-state index contributed by atoms with van der Waals surface area (Å²) in [6.45, 7) is 14.7. The molecule has 0 aromatic heterocycles. The third-order valence-corrected chi connectivity index (χ3v) is 4.20. The SMILES string of the molecule is CC(C)OCCOCCOCCOCCOCCOCCOCCOCCOCCOCCBr. The molecule has 0 aromatic rings. The maximum absolute atomic E-state index is 5.45. The molecule has 0 aliphatic carbocycles. The summed E-state index contributed by atoms with van der Waals surface area (Å²) in [5.41, 5.74) is 0. The minimum atomic E-state index is 0.237. The maximum atomic E-state index is 5.45. The molecule has 0 atom stereocenters. The van der Waals surface area contributed by atoms with Gasteiger partial charge in [-0.2, -0.15) is 0 Å². The van der Waals surface area contributed by atoms with Gasteiger partial charge in [0.2, 0.25) is 0 Å². The van der Waals surface area contributed by atoms with Crippen LogP contribution in [0.5, 0.6) is 0 Å². The number of ether oxygens (including phenoxy) is 10. The second kappa shape index (κ2) is 31.1. The first kappa shape index (κ1) is 34.1. The molecule has 0 bridgehead atoms. The molecule has 0 saturated carbocycles. The minimum Gasteiger partial charge on any atom is -0.378 e. The number of alkyl halides is 1. The summed E-state index contributed by atoms with van der Waals surface area (Å²) < 4.78 is 54.0. The van der Waals surface area contributed by atoms with E-state index in [-0.39, 0.29) is 6.10 Å². The topological polar surface area (TPSA) is 92.3 Å². The van der Waals surface area contributed by atoms with Crippen molar-refractivity contribution in [2.75, 3.05) is 131 Å². The Bertz CT molecular complexity index is 367. The third kappa shape index (κ3) is 32.1. The van der Waals surface area contributed by atoms with Crippen molar-refractivity contribution in [3.05, 3.63) is 0 Å². The van der Waals surface area contributed by atoms with E-state index >= 15 is 0 Å². The Morgan fingerprint density at radius 1 is 0.353 bits per heavy atom. The molecule has 206 valence electrons. The average molecular weight is 564 g/mol. The van der Waals surface area contributed by atoms with Crippen molar-refractivity contribution < 1.29 is 47.4 Å². The van der Waals surface area contributed by atoms with Crippen LogP contribution >= 0.6 is 15.9 Å². The van der Waals surface area contributed by atoms with Gasteiger partial charge in [-0.05, 0) is 13.8 Å². The van der Waals surface area contributed by atoms with Crippen LogP contribution in [0, 0.1) is 0 Å². The van der Waals surface area contributed by atoms with Gasteiger partial charge >= 0.3 is 0 Å². The molecule has 0 fully saturated rings. The first-order chi connectivity index (χ1) is 16.8. The van der Waals surface area contributed by atoms with Gasteiger partial charge in [-0.15, -0.1) is 0 Å². The first-order valence-electron chi connectivity index (χ1n) is 12.1. The van der Waals surface area contributed by atoms with Gasteiger partial charge in [-0.1, -0.05) is 15.9 Å². The molecular formula is C23H47BrO10. The summed E-state index contributed by atoms with van der Waals surface area (Å²) in [5, 5.41) is 0.842. The molecule has 0 amide bonds. The van der Waals surface area contributed by atoms with E-state index in [0.717, 1.165) is 5.33 Å². The molecule has 0 saturated heterocycles. The molecule has 0 heterocycles. The number of hydrogen-bond donors (Lipinski definition) is 0. The zero-order chi connectivity index (χ0) is 24.8. The van der Waals surface area contributed by atoms with E-state index in [4.69, 9.17) is 47.4 Å². The predicted molar refractivity (Wildman–Crippen MR) is 132 cm³/mol. The van der Waals surface area contributed by atoms with Crippen molar-refractivity contribution in [1.82, 2.24) is 0 Å². The Labute approximate surface area is 214 Å². The Kier molecular flexibility index (Phi) is 31.2. The first-order valence-corrected chi connectivity index (χ1v) is 13.3. The van der Waals surface area contributed by atoms with E-state index in [0.29, 0.717) is 126 Å². The number of rotatable bonds is 30. The smallest absolute Gasteiger partial charge is 0.0703 e. The molecule has 0 unspecified atom stereocenters. The summed E-state index contributed by atoms with van der Waals surface area (Å²) in [5.74, 6) is 0.